The fourth-order valence-electron chi connectivity index (χ4n) is 3.60. The summed E-state index contributed by atoms with van der Waals surface area (Å²) >= 11 is 0. The van der Waals surface area contributed by atoms with Crippen molar-refractivity contribution in [3.63, 3.8) is 0 Å². The number of nitrogens with zero attached hydrogens (tertiary/aromatic N) is 1. The Morgan fingerprint density at radius 1 is 0.963 bits per heavy atom. The maximum atomic E-state index is 12.5. The molecule has 0 saturated heterocycles. The van der Waals surface area contributed by atoms with Gasteiger partial charge in [0.05, 0.1) is 5.71 Å². The molecule has 1 saturated carbocycles. The van der Waals surface area contributed by atoms with E-state index in [2.05, 4.69) is 46.7 Å². The Balaban J connectivity index is 2.19. The summed E-state index contributed by atoms with van der Waals surface area (Å²) in [6.45, 7) is 13.4. The monoisotopic (exact) mass is 393 g/mol. The van der Waals surface area contributed by atoms with Crippen LogP contribution in [0.4, 0.5) is 0 Å². The van der Waals surface area contributed by atoms with Crippen molar-refractivity contribution in [2.24, 2.45) is 16.0 Å². The quantitative estimate of drug-likeness (QED) is 0.553. The smallest absolute Gasteiger partial charge is 0.265 e. The van der Waals surface area contributed by atoms with Gasteiger partial charge in [-0.25, -0.2) is 0 Å². The van der Waals surface area contributed by atoms with Crippen LogP contribution >= 0.6 is 0 Å². The zero-order valence-electron chi connectivity index (χ0n) is 17.7. The van der Waals surface area contributed by atoms with E-state index >= 15 is 0 Å². The van der Waals surface area contributed by atoms with Crippen LogP contribution in [0, 0.1) is 10.8 Å². The van der Waals surface area contributed by atoms with Crippen LogP contribution in [0.5, 0.6) is 0 Å². The molecule has 1 aliphatic rings. The third-order valence-corrected chi connectivity index (χ3v) is 6.25. The summed E-state index contributed by atoms with van der Waals surface area (Å²) in [4.78, 5) is 0.162. The van der Waals surface area contributed by atoms with Gasteiger partial charge in [-0.05, 0) is 66.5 Å². The van der Waals surface area contributed by atoms with Gasteiger partial charge in [0.25, 0.3) is 0 Å². The van der Waals surface area contributed by atoms with Crippen LogP contribution in [0.15, 0.2) is 34.3 Å². The van der Waals surface area contributed by atoms with Gasteiger partial charge in [-0.1, -0.05) is 65.3 Å². The molecule has 27 heavy (non-hydrogen) atoms. The van der Waals surface area contributed by atoms with Crippen LogP contribution < -0.4 is 0 Å². The summed E-state index contributed by atoms with van der Waals surface area (Å²) in [5.41, 5.74) is 2.30. The van der Waals surface area contributed by atoms with Crippen LogP contribution in [0.25, 0.3) is 0 Å². The molecular formula is C22H35NO3S. The molecule has 1 aromatic rings. The first-order chi connectivity index (χ1) is 12.4. The molecule has 1 fully saturated rings. The summed E-state index contributed by atoms with van der Waals surface area (Å²) in [6.07, 6.45) is 5.98. The van der Waals surface area contributed by atoms with Crippen molar-refractivity contribution >= 4 is 15.8 Å². The van der Waals surface area contributed by atoms with Crippen molar-refractivity contribution in [2.45, 2.75) is 90.9 Å². The van der Waals surface area contributed by atoms with Gasteiger partial charge in [0.15, 0.2) is 0 Å². The van der Waals surface area contributed by atoms with E-state index in [9.17, 15) is 8.42 Å². The summed E-state index contributed by atoms with van der Waals surface area (Å²) in [6, 6.07) is 7.14. The van der Waals surface area contributed by atoms with Gasteiger partial charge < -0.3 is 0 Å². The molecule has 0 aromatic heterocycles. The topological polar surface area (TPSA) is 55.7 Å². The zero-order valence-corrected chi connectivity index (χ0v) is 18.5. The highest BCUT2D eigenvalue weighted by Crippen LogP contribution is 2.43. The molecule has 0 aliphatic heterocycles. The highest BCUT2D eigenvalue weighted by atomic mass is 32.2. The van der Waals surface area contributed by atoms with E-state index in [1.165, 1.54) is 6.42 Å². The third kappa shape index (κ3) is 6.63. The minimum absolute atomic E-state index is 0.0944. The molecule has 1 unspecified atom stereocenters. The molecule has 0 bridgehead atoms. The molecule has 2 rings (SSSR count). The first kappa shape index (κ1) is 21.9. The third-order valence-electron chi connectivity index (χ3n) is 5.13. The van der Waals surface area contributed by atoms with E-state index in [1.807, 2.05) is 12.1 Å². The van der Waals surface area contributed by atoms with Crippen molar-refractivity contribution < 1.29 is 12.7 Å². The standard InChI is InChI=1S/C22H35NO3S/c1-21(2,3)16-20(22(4,5)6)17-12-14-19(15-13-17)27(24,25)26-23-18-10-8-7-9-11-18/h12-15,20H,7-11,16H2,1-6H3. The number of oxime groups is 1. The maximum absolute atomic E-state index is 12.5. The summed E-state index contributed by atoms with van der Waals surface area (Å²) in [5.74, 6) is 0.345. The summed E-state index contributed by atoms with van der Waals surface area (Å²) in [5, 5.41) is 3.91. The second-order valence-corrected chi connectivity index (χ2v) is 11.5. The van der Waals surface area contributed by atoms with E-state index in [0.717, 1.165) is 43.4 Å². The Bertz CT molecular complexity index is 742. The molecule has 0 N–H and O–H groups in total. The largest absolute Gasteiger partial charge is 0.358 e. The highest BCUT2D eigenvalue weighted by Gasteiger charge is 2.30. The number of rotatable bonds is 5. The second-order valence-electron chi connectivity index (χ2n) is 10.00. The average Bonchev–Trinajstić information content (AvgIpc) is 2.57. The van der Waals surface area contributed by atoms with Gasteiger partial charge >= 0.3 is 10.1 Å². The van der Waals surface area contributed by atoms with Gasteiger partial charge in [0.2, 0.25) is 0 Å². The zero-order chi connectivity index (χ0) is 20.3. The van der Waals surface area contributed by atoms with Crippen molar-refractivity contribution in [1.82, 2.24) is 0 Å². The lowest BCUT2D eigenvalue weighted by Crippen LogP contribution is -2.23. The minimum Gasteiger partial charge on any atom is -0.265 e. The first-order valence-corrected chi connectivity index (χ1v) is 11.4. The van der Waals surface area contributed by atoms with Crippen LogP contribution in [-0.2, 0) is 14.4 Å². The van der Waals surface area contributed by atoms with E-state index < -0.39 is 10.1 Å². The second kappa shape index (κ2) is 8.34. The highest BCUT2D eigenvalue weighted by molar-refractivity contribution is 7.86. The molecule has 1 atom stereocenters. The SMILES string of the molecule is CC(C)(C)CC(c1ccc(S(=O)(=O)ON=C2CCCCC2)cc1)C(C)(C)C. The fourth-order valence-corrected chi connectivity index (χ4v) is 4.36. The van der Waals surface area contributed by atoms with E-state index in [0.29, 0.717) is 5.92 Å². The van der Waals surface area contributed by atoms with E-state index in [1.54, 1.807) is 12.1 Å². The van der Waals surface area contributed by atoms with Crippen LogP contribution in [-0.4, -0.2) is 14.1 Å². The van der Waals surface area contributed by atoms with Gasteiger partial charge in [0.1, 0.15) is 4.90 Å². The predicted octanol–water partition coefficient (Wildman–Crippen LogP) is 6.28. The molecule has 0 spiro atoms. The van der Waals surface area contributed by atoms with Crippen molar-refractivity contribution in [3.8, 4) is 0 Å². The molecule has 1 aliphatic carbocycles. The molecule has 152 valence electrons. The van der Waals surface area contributed by atoms with Gasteiger partial charge in [-0.15, -0.1) is 0 Å². The van der Waals surface area contributed by atoms with Crippen LogP contribution in [0.2, 0.25) is 0 Å². The lowest BCUT2D eigenvalue weighted by atomic mass is 9.69. The van der Waals surface area contributed by atoms with Crippen molar-refractivity contribution in [1.29, 1.82) is 0 Å². The Morgan fingerprint density at radius 2 is 1.52 bits per heavy atom. The molecule has 4 nitrogen and oxygen atoms in total. The predicted molar refractivity (Wildman–Crippen MR) is 112 cm³/mol. The Morgan fingerprint density at radius 3 is 2.00 bits per heavy atom. The van der Waals surface area contributed by atoms with Gasteiger partial charge in [-0.3, -0.25) is 4.28 Å². The molecule has 0 amide bonds. The van der Waals surface area contributed by atoms with Crippen molar-refractivity contribution in [2.75, 3.05) is 0 Å². The number of hydrogen-bond acceptors (Lipinski definition) is 4. The first-order valence-electron chi connectivity index (χ1n) is 9.98. The summed E-state index contributed by atoms with van der Waals surface area (Å²) < 4.78 is 29.9. The van der Waals surface area contributed by atoms with Gasteiger partial charge in [-0.2, -0.15) is 8.42 Å². The Labute approximate surface area is 165 Å². The molecule has 0 heterocycles. The maximum Gasteiger partial charge on any atom is 0.358 e. The average molecular weight is 394 g/mol. The van der Waals surface area contributed by atoms with Crippen LogP contribution in [0.1, 0.15) is 91.5 Å². The normalized spacial score (nSPS) is 17.5. The molecule has 5 heteroatoms. The lowest BCUT2D eigenvalue weighted by molar-refractivity contribution is 0.229. The molecular weight excluding hydrogens is 358 g/mol. The Kier molecular flexibility index (Phi) is 6.77. The van der Waals surface area contributed by atoms with Crippen molar-refractivity contribution in [3.05, 3.63) is 29.8 Å². The molecule has 0 radical (unpaired) electrons. The molecule has 1 aromatic carbocycles. The van der Waals surface area contributed by atoms with E-state index in [-0.39, 0.29) is 15.7 Å². The lowest BCUT2D eigenvalue weighted by Gasteiger charge is -2.36. The van der Waals surface area contributed by atoms with Crippen LogP contribution in [0.3, 0.4) is 0 Å². The van der Waals surface area contributed by atoms with E-state index in [4.69, 9.17) is 4.28 Å². The fraction of sp³-hybridized carbons (Fsp3) is 0.682. The number of benzene rings is 1. The number of hydrogen-bond donors (Lipinski definition) is 0. The Hall–Kier alpha value is -1.36. The van der Waals surface area contributed by atoms with Gasteiger partial charge in [0, 0.05) is 0 Å². The minimum atomic E-state index is -3.86. The summed E-state index contributed by atoms with van der Waals surface area (Å²) in [7, 11) is -3.86.